The third-order valence-electron chi connectivity index (χ3n) is 4.55. The molecule has 2 rings (SSSR count). The largest absolute Gasteiger partial charge is 0.447 e. The van der Waals surface area contributed by atoms with Gasteiger partial charge in [0.05, 0.1) is 18.0 Å². The van der Waals surface area contributed by atoms with E-state index in [0.717, 1.165) is 44.2 Å². The number of hydrogen-bond acceptors (Lipinski definition) is 3. The molecule has 1 heterocycles. The standard InChI is InChI=1S/C21H28N2O2/c1-21(2,17-22)14-7-6-12-19(23-15-16-25-20(23)24)13-8-11-18-9-4-3-5-10-18/h3-5,9-10,13H,6-8,11-12,14-16H2,1-2H3/b19-13-. The molecule has 0 radical (unpaired) electrons. The minimum atomic E-state index is -0.274. The third-order valence-corrected chi connectivity index (χ3v) is 4.55. The predicted molar refractivity (Wildman–Crippen MR) is 98.8 cm³/mol. The molecule has 0 aliphatic carbocycles. The number of amides is 1. The van der Waals surface area contributed by atoms with E-state index in [9.17, 15) is 4.79 Å². The molecule has 1 fully saturated rings. The Morgan fingerprint density at radius 1 is 1.32 bits per heavy atom. The smallest absolute Gasteiger partial charge is 0.414 e. The Morgan fingerprint density at radius 3 is 2.72 bits per heavy atom. The van der Waals surface area contributed by atoms with Gasteiger partial charge < -0.3 is 4.74 Å². The summed E-state index contributed by atoms with van der Waals surface area (Å²) >= 11 is 0. The Bertz CT molecular complexity index is 629. The van der Waals surface area contributed by atoms with Crippen LogP contribution in [-0.2, 0) is 11.2 Å². The van der Waals surface area contributed by atoms with Gasteiger partial charge in [-0.3, -0.25) is 4.90 Å². The van der Waals surface area contributed by atoms with Gasteiger partial charge in [0.2, 0.25) is 0 Å². The molecule has 1 aliphatic rings. The minimum Gasteiger partial charge on any atom is -0.447 e. The van der Waals surface area contributed by atoms with Gasteiger partial charge in [0.15, 0.2) is 0 Å². The van der Waals surface area contributed by atoms with Crippen molar-refractivity contribution in [2.24, 2.45) is 5.41 Å². The fourth-order valence-corrected chi connectivity index (χ4v) is 2.98. The lowest BCUT2D eigenvalue weighted by Crippen LogP contribution is -2.23. The number of cyclic esters (lactones) is 1. The molecule has 1 saturated heterocycles. The van der Waals surface area contributed by atoms with Crippen LogP contribution in [0, 0.1) is 16.7 Å². The van der Waals surface area contributed by atoms with Gasteiger partial charge in [-0.1, -0.05) is 42.8 Å². The average Bonchev–Trinajstić information content (AvgIpc) is 3.04. The van der Waals surface area contributed by atoms with E-state index in [0.29, 0.717) is 13.2 Å². The molecular formula is C21H28N2O2. The van der Waals surface area contributed by atoms with Gasteiger partial charge in [-0.05, 0) is 51.5 Å². The topological polar surface area (TPSA) is 53.3 Å². The zero-order chi connectivity index (χ0) is 18.1. The summed E-state index contributed by atoms with van der Waals surface area (Å²) in [7, 11) is 0. The molecule has 0 unspecified atom stereocenters. The molecule has 1 aromatic rings. The van der Waals surface area contributed by atoms with Crippen LogP contribution >= 0.6 is 0 Å². The van der Waals surface area contributed by atoms with E-state index >= 15 is 0 Å². The molecule has 4 heteroatoms. The van der Waals surface area contributed by atoms with Crippen LogP contribution in [0.15, 0.2) is 42.1 Å². The Hall–Kier alpha value is -2.28. The second kappa shape index (κ2) is 9.27. The number of unbranched alkanes of at least 4 members (excludes halogenated alkanes) is 1. The molecule has 134 valence electrons. The van der Waals surface area contributed by atoms with Crippen molar-refractivity contribution in [1.29, 1.82) is 5.26 Å². The first kappa shape index (κ1) is 19.1. The number of rotatable bonds is 9. The lowest BCUT2D eigenvalue weighted by Gasteiger charge is -2.19. The van der Waals surface area contributed by atoms with Gasteiger partial charge in [0.25, 0.3) is 0 Å². The van der Waals surface area contributed by atoms with Crippen LogP contribution in [0.25, 0.3) is 0 Å². The first-order valence-corrected chi connectivity index (χ1v) is 9.10. The van der Waals surface area contributed by atoms with Gasteiger partial charge >= 0.3 is 6.09 Å². The van der Waals surface area contributed by atoms with Crippen LogP contribution < -0.4 is 0 Å². The SMILES string of the molecule is CC(C)(C#N)CCCC/C(=C/CCc1ccccc1)N1CCOC1=O. The molecule has 1 aromatic carbocycles. The Kier molecular flexibility index (Phi) is 7.06. The first-order valence-electron chi connectivity index (χ1n) is 9.10. The molecule has 0 aromatic heterocycles. The number of benzene rings is 1. The number of aryl methyl sites for hydroxylation is 1. The summed E-state index contributed by atoms with van der Waals surface area (Å²) in [6.45, 7) is 5.05. The zero-order valence-corrected chi connectivity index (χ0v) is 15.3. The van der Waals surface area contributed by atoms with Gasteiger partial charge in [0.1, 0.15) is 6.61 Å². The van der Waals surface area contributed by atoms with E-state index in [4.69, 9.17) is 10.00 Å². The number of ether oxygens (including phenoxy) is 1. The molecule has 1 aliphatic heterocycles. The van der Waals surface area contributed by atoms with Crippen LogP contribution in [0.1, 0.15) is 51.5 Å². The number of carbonyl (C=O) groups excluding carboxylic acids is 1. The molecule has 0 N–H and O–H groups in total. The molecule has 0 saturated carbocycles. The molecule has 0 bridgehead atoms. The number of allylic oxidation sites excluding steroid dienone is 2. The number of nitriles is 1. The quantitative estimate of drug-likeness (QED) is 0.590. The highest BCUT2D eigenvalue weighted by Gasteiger charge is 2.25. The monoisotopic (exact) mass is 340 g/mol. The van der Waals surface area contributed by atoms with E-state index in [1.54, 1.807) is 4.90 Å². The highest BCUT2D eigenvalue weighted by atomic mass is 16.6. The van der Waals surface area contributed by atoms with Crippen molar-refractivity contribution in [3.63, 3.8) is 0 Å². The fraction of sp³-hybridized carbons (Fsp3) is 0.524. The second-order valence-corrected chi connectivity index (χ2v) is 7.19. The Labute approximate surface area is 151 Å². The minimum absolute atomic E-state index is 0.233. The average molecular weight is 340 g/mol. The molecule has 0 spiro atoms. The van der Waals surface area contributed by atoms with Crippen molar-refractivity contribution in [3.05, 3.63) is 47.7 Å². The molecule has 0 atom stereocenters. The molecular weight excluding hydrogens is 312 g/mol. The van der Waals surface area contributed by atoms with Crippen LogP contribution in [0.4, 0.5) is 4.79 Å². The van der Waals surface area contributed by atoms with Crippen molar-refractivity contribution < 1.29 is 9.53 Å². The summed E-state index contributed by atoms with van der Waals surface area (Å²) in [5.74, 6) is 0. The maximum atomic E-state index is 11.9. The maximum Gasteiger partial charge on any atom is 0.414 e. The maximum absolute atomic E-state index is 11.9. The van der Waals surface area contributed by atoms with E-state index in [1.165, 1.54) is 5.56 Å². The van der Waals surface area contributed by atoms with E-state index in [-0.39, 0.29) is 11.5 Å². The number of nitrogens with zero attached hydrogens (tertiary/aromatic N) is 2. The summed E-state index contributed by atoms with van der Waals surface area (Å²) in [6, 6.07) is 12.7. The van der Waals surface area contributed by atoms with Gasteiger partial charge in [-0.25, -0.2) is 4.79 Å². The van der Waals surface area contributed by atoms with Gasteiger partial charge in [-0.2, -0.15) is 5.26 Å². The summed E-state index contributed by atoms with van der Waals surface area (Å²) < 4.78 is 5.09. The van der Waals surface area contributed by atoms with Crippen LogP contribution in [0.5, 0.6) is 0 Å². The third kappa shape index (κ3) is 6.26. The van der Waals surface area contributed by atoms with E-state index in [1.807, 2.05) is 19.9 Å². The lowest BCUT2D eigenvalue weighted by molar-refractivity contribution is 0.163. The fourth-order valence-electron chi connectivity index (χ4n) is 2.98. The highest BCUT2D eigenvalue weighted by Crippen LogP contribution is 2.25. The van der Waals surface area contributed by atoms with E-state index in [2.05, 4.69) is 36.4 Å². The van der Waals surface area contributed by atoms with Crippen molar-refractivity contribution in [3.8, 4) is 6.07 Å². The van der Waals surface area contributed by atoms with Crippen molar-refractivity contribution in [1.82, 2.24) is 4.90 Å². The predicted octanol–water partition coefficient (Wildman–Crippen LogP) is 5.07. The first-order chi connectivity index (χ1) is 12.0. The van der Waals surface area contributed by atoms with Crippen LogP contribution in [0.3, 0.4) is 0 Å². The zero-order valence-electron chi connectivity index (χ0n) is 15.3. The second-order valence-electron chi connectivity index (χ2n) is 7.19. The molecule has 1 amide bonds. The summed E-state index contributed by atoms with van der Waals surface area (Å²) in [4.78, 5) is 13.7. The summed E-state index contributed by atoms with van der Waals surface area (Å²) in [5.41, 5.74) is 2.09. The summed E-state index contributed by atoms with van der Waals surface area (Å²) in [5, 5.41) is 9.10. The molecule has 4 nitrogen and oxygen atoms in total. The van der Waals surface area contributed by atoms with Gasteiger partial charge in [0, 0.05) is 5.70 Å². The van der Waals surface area contributed by atoms with Crippen molar-refractivity contribution in [2.45, 2.75) is 52.4 Å². The summed E-state index contributed by atoms with van der Waals surface area (Å²) in [6.07, 6.45) is 7.52. The van der Waals surface area contributed by atoms with E-state index < -0.39 is 0 Å². The lowest BCUT2D eigenvalue weighted by atomic mass is 9.88. The van der Waals surface area contributed by atoms with Gasteiger partial charge in [-0.15, -0.1) is 0 Å². The molecule has 25 heavy (non-hydrogen) atoms. The Morgan fingerprint density at radius 2 is 2.08 bits per heavy atom. The normalized spacial score (nSPS) is 15.2. The highest BCUT2D eigenvalue weighted by molar-refractivity contribution is 5.71. The van der Waals surface area contributed by atoms with Crippen molar-refractivity contribution in [2.75, 3.05) is 13.2 Å². The van der Waals surface area contributed by atoms with Crippen LogP contribution in [0.2, 0.25) is 0 Å². The Balaban J connectivity index is 1.90. The number of carbonyl (C=O) groups is 1. The number of hydrogen-bond donors (Lipinski definition) is 0. The van der Waals surface area contributed by atoms with Crippen LogP contribution in [-0.4, -0.2) is 24.1 Å². The van der Waals surface area contributed by atoms with Crippen molar-refractivity contribution >= 4 is 6.09 Å².